The summed E-state index contributed by atoms with van der Waals surface area (Å²) in [6, 6.07) is 1.51. The first-order valence-corrected chi connectivity index (χ1v) is 5.25. The van der Waals surface area contributed by atoms with Crippen molar-refractivity contribution in [1.82, 2.24) is 25.4 Å². The molecule has 9 heteroatoms. The second kappa shape index (κ2) is 5.12. The summed E-state index contributed by atoms with van der Waals surface area (Å²) in [5.41, 5.74) is 0. The quantitative estimate of drug-likeness (QED) is 0.598. The lowest BCUT2D eigenvalue weighted by molar-refractivity contribution is 0.588. The molecule has 0 unspecified atom stereocenters. The zero-order valence-corrected chi connectivity index (χ0v) is 8.29. The number of nitrogens with two attached hydrogens (primary N) is 1. The van der Waals surface area contributed by atoms with Crippen molar-refractivity contribution in [2.45, 2.75) is 5.16 Å². The van der Waals surface area contributed by atoms with E-state index in [-0.39, 0.29) is 5.16 Å². The highest BCUT2D eigenvalue weighted by atomic mass is 32.2. The lowest BCUT2D eigenvalue weighted by Crippen LogP contribution is -2.15. The van der Waals surface area contributed by atoms with Gasteiger partial charge in [-0.25, -0.2) is 23.5 Å². The number of aromatic amines is 1. The van der Waals surface area contributed by atoms with Crippen molar-refractivity contribution >= 4 is 10.0 Å². The summed E-state index contributed by atoms with van der Waals surface area (Å²) in [6.45, 7) is 0. The molecule has 0 spiro atoms. The molecule has 80 valence electrons. The molecule has 2 aromatic rings. The van der Waals surface area contributed by atoms with E-state index in [1.165, 1.54) is 18.5 Å². The van der Waals surface area contributed by atoms with Crippen molar-refractivity contribution in [1.29, 1.82) is 0 Å². The highest BCUT2D eigenvalue weighted by Gasteiger charge is 2.08. The van der Waals surface area contributed by atoms with Crippen LogP contribution in [0, 0.1) is 0 Å². The van der Waals surface area contributed by atoms with Crippen molar-refractivity contribution in [3.05, 3.63) is 30.9 Å². The van der Waals surface area contributed by atoms with E-state index in [1.54, 1.807) is 12.4 Å². The smallest absolute Gasteiger partial charge is 0.226 e. The van der Waals surface area contributed by atoms with Gasteiger partial charge in [0.1, 0.15) is 0 Å². The van der Waals surface area contributed by atoms with Gasteiger partial charge < -0.3 is 0 Å². The van der Waals surface area contributed by atoms with E-state index in [1.807, 2.05) is 0 Å². The van der Waals surface area contributed by atoms with Crippen LogP contribution in [0.3, 0.4) is 0 Å². The van der Waals surface area contributed by atoms with Crippen LogP contribution in [0.1, 0.15) is 0 Å². The SMILES string of the molecule is NS(=O)(=O)c1ncccn1.c1cn[nH]n1. The predicted octanol–water partition coefficient (Wildman–Crippen LogP) is -1.07. The Morgan fingerprint density at radius 1 is 1.07 bits per heavy atom. The van der Waals surface area contributed by atoms with Crippen LogP contribution in [0.2, 0.25) is 0 Å². The van der Waals surface area contributed by atoms with Gasteiger partial charge in [0.25, 0.3) is 15.2 Å². The average Bonchev–Trinajstić information content (AvgIpc) is 2.76. The van der Waals surface area contributed by atoms with Crippen molar-refractivity contribution in [2.75, 3.05) is 0 Å². The fourth-order valence-electron chi connectivity index (χ4n) is 0.599. The number of primary sulfonamides is 1. The number of H-pyrrole nitrogens is 1. The fourth-order valence-corrected chi connectivity index (χ4v) is 1.01. The average molecular weight is 228 g/mol. The van der Waals surface area contributed by atoms with Gasteiger partial charge in [0.05, 0.1) is 12.4 Å². The molecule has 2 aromatic heterocycles. The van der Waals surface area contributed by atoms with Crippen LogP contribution in [-0.2, 0) is 10.0 Å². The first kappa shape index (κ1) is 11.2. The summed E-state index contributed by atoms with van der Waals surface area (Å²) < 4.78 is 21.0. The maximum atomic E-state index is 10.5. The van der Waals surface area contributed by atoms with Gasteiger partial charge in [-0.2, -0.15) is 15.4 Å². The molecule has 0 bridgehead atoms. The Balaban J connectivity index is 0.000000187. The fraction of sp³-hybridized carbons (Fsp3) is 0. The molecule has 0 aliphatic heterocycles. The summed E-state index contributed by atoms with van der Waals surface area (Å²) in [5, 5.41) is 13.7. The Labute approximate surface area is 85.6 Å². The van der Waals surface area contributed by atoms with Crippen molar-refractivity contribution < 1.29 is 8.42 Å². The standard InChI is InChI=1S/C4H5N3O2S.C2H3N3/c5-10(8,9)4-6-2-1-3-7-4;1-2-4-5-3-1/h1-3H,(H2,5,8,9);1-2H,(H,3,4,5). The maximum Gasteiger partial charge on any atom is 0.273 e. The normalized spacial score (nSPS) is 10.2. The van der Waals surface area contributed by atoms with Gasteiger partial charge in [0, 0.05) is 12.4 Å². The lowest BCUT2D eigenvalue weighted by atomic mass is 10.7. The van der Waals surface area contributed by atoms with E-state index in [4.69, 9.17) is 5.14 Å². The second-order valence-corrected chi connectivity index (χ2v) is 3.69. The molecule has 8 nitrogen and oxygen atoms in total. The van der Waals surface area contributed by atoms with Gasteiger partial charge in [-0.05, 0) is 6.07 Å². The summed E-state index contributed by atoms with van der Waals surface area (Å²) in [7, 11) is -3.73. The third-order valence-electron chi connectivity index (χ3n) is 1.13. The molecule has 0 saturated heterocycles. The van der Waals surface area contributed by atoms with E-state index in [0.29, 0.717) is 0 Å². The number of rotatable bonds is 1. The molecule has 0 amide bonds. The van der Waals surface area contributed by atoms with Crippen LogP contribution in [0.25, 0.3) is 0 Å². The van der Waals surface area contributed by atoms with Crippen LogP contribution in [0.4, 0.5) is 0 Å². The van der Waals surface area contributed by atoms with Crippen LogP contribution < -0.4 is 5.14 Å². The number of hydrogen-bond donors (Lipinski definition) is 2. The molecule has 2 rings (SSSR count). The summed E-state index contributed by atoms with van der Waals surface area (Å²) >= 11 is 0. The van der Waals surface area contributed by atoms with E-state index in [2.05, 4.69) is 25.4 Å². The Bertz CT molecular complexity index is 450. The minimum absolute atomic E-state index is 0.352. The third-order valence-corrected chi connectivity index (χ3v) is 1.85. The van der Waals surface area contributed by atoms with E-state index in [9.17, 15) is 8.42 Å². The first-order valence-electron chi connectivity index (χ1n) is 3.70. The van der Waals surface area contributed by atoms with Crippen LogP contribution >= 0.6 is 0 Å². The van der Waals surface area contributed by atoms with Gasteiger partial charge in [-0.15, -0.1) is 0 Å². The first-order chi connectivity index (χ1) is 7.11. The Kier molecular flexibility index (Phi) is 3.83. The zero-order chi connectivity index (χ0) is 11.1. The van der Waals surface area contributed by atoms with Gasteiger partial charge in [0.2, 0.25) is 0 Å². The molecule has 15 heavy (non-hydrogen) atoms. The Hall–Kier alpha value is -1.87. The molecule has 0 aromatic carbocycles. The molecule has 2 heterocycles. The minimum atomic E-state index is -3.73. The predicted molar refractivity (Wildman–Crippen MR) is 49.8 cm³/mol. The highest BCUT2D eigenvalue weighted by molar-refractivity contribution is 7.89. The van der Waals surface area contributed by atoms with Crippen LogP contribution in [0.5, 0.6) is 0 Å². The Morgan fingerprint density at radius 3 is 1.87 bits per heavy atom. The summed E-state index contributed by atoms with van der Waals surface area (Å²) in [6.07, 6.45) is 5.79. The molecule has 0 fully saturated rings. The monoisotopic (exact) mass is 228 g/mol. The van der Waals surface area contributed by atoms with E-state index >= 15 is 0 Å². The van der Waals surface area contributed by atoms with Crippen LogP contribution in [-0.4, -0.2) is 33.8 Å². The molecule has 0 radical (unpaired) electrons. The lowest BCUT2D eigenvalue weighted by Gasteiger charge is -1.91. The topological polar surface area (TPSA) is 128 Å². The van der Waals surface area contributed by atoms with E-state index < -0.39 is 10.0 Å². The van der Waals surface area contributed by atoms with Crippen molar-refractivity contribution in [3.63, 3.8) is 0 Å². The molecule has 0 atom stereocenters. The molecule has 0 saturated carbocycles. The van der Waals surface area contributed by atoms with Gasteiger partial charge in [-0.3, -0.25) is 0 Å². The summed E-state index contributed by atoms with van der Waals surface area (Å²) in [4.78, 5) is 6.85. The van der Waals surface area contributed by atoms with Gasteiger partial charge in [-0.1, -0.05) is 0 Å². The number of nitrogens with zero attached hydrogens (tertiary/aromatic N) is 4. The molecule has 0 aliphatic carbocycles. The minimum Gasteiger partial charge on any atom is -0.226 e. The van der Waals surface area contributed by atoms with Crippen LogP contribution in [0.15, 0.2) is 36.0 Å². The maximum absolute atomic E-state index is 10.5. The molecular weight excluding hydrogens is 220 g/mol. The van der Waals surface area contributed by atoms with E-state index in [0.717, 1.165) is 0 Å². The largest absolute Gasteiger partial charge is 0.273 e. The number of aromatic nitrogens is 5. The van der Waals surface area contributed by atoms with Gasteiger partial charge in [0.15, 0.2) is 0 Å². The number of hydrogen-bond acceptors (Lipinski definition) is 6. The van der Waals surface area contributed by atoms with Crippen molar-refractivity contribution in [3.8, 4) is 0 Å². The van der Waals surface area contributed by atoms with Crippen molar-refractivity contribution in [2.24, 2.45) is 5.14 Å². The highest BCUT2D eigenvalue weighted by Crippen LogP contribution is 1.92. The number of nitrogens with one attached hydrogen (secondary N) is 1. The number of sulfonamides is 1. The second-order valence-electron chi connectivity index (χ2n) is 2.23. The van der Waals surface area contributed by atoms with Gasteiger partial charge >= 0.3 is 0 Å². The molecular formula is C6H8N6O2S. The zero-order valence-electron chi connectivity index (χ0n) is 7.48. The molecule has 0 aliphatic rings. The third kappa shape index (κ3) is 4.24. The molecule has 3 N–H and O–H groups in total. The Morgan fingerprint density at radius 2 is 1.60 bits per heavy atom. The summed E-state index contributed by atoms with van der Waals surface area (Å²) in [5.74, 6) is 0.